The molecular weight excluding hydrogens is 653 g/mol. The summed E-state index contributed by atoms with van der Waals surface area (Å²) in [6.45, 7) is 4.61. The molecule has 51 heavy (non-hydrogen) atoms. The number of aliphatic carboxylic acids is 1. The second kappa shape index (κ2) is 14.3. The summed E-state index contributed by atoms with van der Waals surface area (Å²) in [6, 6.07) is 17.2. The minimum atomic E-state index is -0.772. The molecule has 0 bridgehead atoms. The monoisotopic (exact) mass is 695 g/mol. The average molecular weight is 696 g/mol. The number of carbonyl (C=O) groups excluding carboxylic acids is 1. The Labute approximate surface area is 295 Å². The lowest BCUT2D eigenvalue weighted by Gasteiger charge is -2.40. The van der Waals surface area contributed by atoms with Crippen LogP contribution in [0.3, 0.4) is 0 Å². The van der Waals surface area contributed by atoms with E-state index in [2.05, 4.69) is 22.0 Å². The lowest BCUT2D eigenvalue weighted by atomic mass is 9.65. The topological polar surface area (TPSA) is 136 Å². The summed E-state index contributed by atoms with van der Waals surface area (Å²) in [6.07, 6.45) is 6.05. The van der Waals surface area contributed by atoms with Gasteiger partial charge in [0.15, 0.2) is 5.82 Å². The maximum Gasteiger partial charge on any atom is 0.309 e. The number of carbonyl (C=O) groups is 2. The van der Waals surface area contributed by atoms with Crippen molar-refractivity contribution < 1.29 is 33.3 Å². The first-order valence-electron chi connectivity index (χ1n) is 16.8. The standard InChI is InChI=1S/C39H42FN5O6/c1-38(14-16-39(2,17-15-38)37(47)48)36-44-32(25-8-6-24(7-9-25)22-43-35(46)29-20-27(40)11-13-30(29)50-4)33-34(41-18-19-45(33)36)42-23-26-10-12-28(49-3)21-31(26)51-5/h6-13,18-21H,14-17,22-23H2,1-5H3,(H,41,42)(H,43,46)(H,47,48). The fraction of sp³-hybridized carbons (Fsp3) is 0.333. The third-order valence-corrected chi connectivity index (χ3v) is 10.1. The van der Waals surface area contributed by atoms with Gasteiger partial charge in [-0.3, -0.25) is 14.0 Å². The number of ether oxygens (including phenoxy) is 3. The molecule has 1 aliphatic rings. The highest BCUT2D eigenvalue weighted by molar-refractivity contribution is 5.97. The van der Waals surface area contributed by atoms with Crippen molar-refractivity contribution in [3.63, 3.8) is 0 Å². The number of benzene rings is 3. The van der Waals surface area contributed by atoms with E-state index < -0.39 is 23.1 Å². The summed E-state index contributed by atoms with van der Waals surface area (Å²) in [7, 11) is 4.66. The zero-order valence-electron chi connectivity index (χ0n) is 29.4. The number of aromatic nitrogens is 3. The van der Waals surface area contributed by atoms with Gasteiger partial charge < -0.3 is 30.0 Å². The van der Waals surface area contributed by atoms with Gasteiger partial charge in [-0.15, -0.1) is 0 Å². The molecule has 11 nitrogen and oxygen atoms in total. The van der Waals surface area contributed by atoms with Gasteiger partial charge in [0.2, 0.25) is 0 Å². The number of methoxy groups -OCH3 is 3. The van der Waals surface area contributed by atoms with Crippen molar-refractivity contribution in [2.45, 2.75) is 58.0 Å². The van der Waals surface area contributed by atoms with Crippen molar-refractivity contribution in [1.29, 1.82) is 0 Å². The van der Waals surface area contributed by atoms with Gasteiger partial charge in [-0.1, -0.05) is 31.2 Å². The molecule has 266 valence electrons. The Hall–Kier alpha value is -5.65. The molecule has 0 saturated heterocycles. The zero-order chi connectivity index (χ0) is 36.3. The highest BCUT2D eigenvalue weighted by Gasteiger charge is 2.45. The normalized spacial score (nSPS) is 18.6. The lowest BCUT2D eigenvalue weighted by Crippen LogP contribution is -2.39. The molecule has 2 aromatic heterocycles. The Kier molecular flexibility index (Phi) is 9.86. The highest BCUT2D eigenvalue weighted by atomic mass is 19.1. The number of imidazole rings is 1. The Morgan fingerprint density at radius 1 is 0.902 bits per heavy atom. The molecule has 0 radical (unpaired) electrons. The number of rotatable bonds is 12. The molecule has 2 heterocycles. The molecule has 0 spiro atoms. The van der Waals surface area contributed by atoms with E-state index in [0.717, 1.165) is 39.8 Å². The molecule has 1 fully saturated rings. The van der Waals surface area contributed by atoms with Crippen LogP contribution in [0.15, 0.2) is 73.1 Å². The molecule has 1 aliphatic carbocycles. The Bertz CT molecular complexity index is 2070. The summed E-state index contributed by atoms with van der Waals surface area (Å²) >= 11 is 0. The minimum Gasteiger partial charge on any atom is -0.497 e. The molecule has 1 saturated carbocycles. The average Bonchev–Trinajstić information content (AvgIpc) is 3.55. The Balaban J connectivity index is 1.33. The Morgan fingerprint density at radius 2 is 1.63 bits per heavy atom. The summed E-state index contributed by atoms with van der Waals surface area (Å²) < 4.78 is 32.2. The maximum atomic E-state index is 13.9. The first-order chi connectivity index (χ1) is 24.5. The van der Waals surface area contributed by atoms with Crippen LogP contribution in [0, 0.1) is 11.2 Å². The lowest BCUT2D eigenvalue weighted by molar-refractivity contribution is -0.150. The molecule has 0 aliphatic heterocycles. The van der Waals surface area contributed by atoms with Crippen LogP contribution in [-0.2, 0) is 23.3 Å². The predicted molar refractivity (Wildman–Crippen MR) is 191 cm³/mol. The van der Waals surface area contributed by atoms with Gasteiger partial charge >= 0.3 is 5.97 Å². The van der Waals surface area contributed by atoms with Gasteiger partial charge in [0.05, 0.1) is 32.3 Å². The number of nitrogens with zero attached hydrogens (tertiary/aromatic N) is 3. The smallest absolute Gasteiger partial charge is 0.309 e. The molecule has 3 N–H and O–H groups in total. The van der Waals surface area contributed by atoms with Gasteiger partial charge in [-0.05, 0) is 68.5 Å². The van der Waals surface area contributed by atoms with E-state index in [4.69, 9.17) is 24.2 Å². The van der Waals surface area contributed by atoms with E-state index in [0.29, 0.717) is 49.5 Å². The van der Waals surface area contributed by atoms with Crippen LogP contribution in [0.2, 0.25) is 0 Å². The van der Waals surface area contributed by atoms with E-state index in [1.807, 2.05) is 55.6 Å². The molecular formula is C39H42FN5O6. The SMILES string of the molecule is COc1ccc(CNc2nccn3c(C4(C)CCC(C)(C(=O)O)CC4)nc(-c4ccc(CNC(=O)c5cc(F)ccc5OC)cc4)c23)c(OC)c1. The number of halogens is 1. The quantitative estimate of drug-likeness (QED) is 0.126. The number of carboxylic acids is 1. The predicted octanol–water partition coefficient (Wildman–Crippen LogP) is 7.03. The van der Waals surface area contributed by atoms with Crippen molar-refractivity contribution in [3.8, 4) is 28.5 Å². The molecule has 0 atom stereocenters. The van der Waals surface area contributed by atoms with Gasteiger partial charge in [0, 0.05) is 48.1 Å². The summed E-state index contributed by atoms with van der Waals surface area (Å²) in [5.41, 5.74) is 3.06. The highest BCUT2D eigenvalue weighted by Crippen LogP contribution is 2.48. The van der Waals surface area contributed by atoms with Gasteiger partial charge in [0.1, 0.15) is 40.1 Å². The fourth-order valence-corrected chi connectivity index (χ4v) is 6.68. The van der Waals surface area contributed by atoms with Gasteiger partial charge in [-0.25, -0.2) is 14.4 Å². The van der Waals surface area contributed by atoms with Gasteiger partial charge in [0.25, 0.3) is 5.91 Å². The number of carboxylic acid groups (broad SMARTS) is 1. The van der Waals surface area contributed by atoms with Crippen molar-refractivity contribution in [3.05, 3.63) is 101 Å². The van der Waals surface area contributed by atoms with Crippen molar-refractivity contribution in [2.75, 3.05) is 26.6 Å². The van der Waals surface area contributed by atoms with E-state index in [9.17, 15) is 19.1 Å². The number of anilines is 1. The van der Waals surface area contributed by atoms with Crippen molar-refractivity contribution in [2.24, 2.45) is 5.41 Å². The van der Waals surface area contributed by atoms with E-state index >= 15 is 0 Å². The summed E-state index contributed by atoms with van der Waals surface area (Å²) in [5, 5.41) is 16.3. The molecule has 12 heteroatoms. The third kappa shape index (κ3) is 7.03. The van der Waals surface area contributed by atoms with Crippen LogP contribution < -0.4 is 24.8 Å². The summed E-state index contributed by atoms with van der Waals surface area (Å²) in [5.74, 6) is 1.38. The van der Waals surface area contributed by atoms with Crippen LogP contribution in [0.5, 0.6) is 17.2 Å². The second-order valence-electron chi connectivity index (χ2n) is 13.5. The first kappa shape index (κ1) is 35.2. The van der Waals surface area contributed by atoms with E-state index in [-0.39, 0.29) is 23.3 Å². The number of hydrogen-bond acceptors (Lipinski definition) is 8. The largest absolute Gasteiger partial charge is 0.497 e. The van der Waals surface area contributed by atoms with Crippen LogP contribution in [0.25, 0.3) is 16.8 Å². The van der Waals surface area contributed by atoms with Crippen LogP contribution in [-0.4, -0.2) is 52.7 Å². The van der Waals surface area contributed by atoms with Crippen molar-refractivity contribution >= 4 is 23.2 Å². The van der Waals surface area contributed by atoms with Crippen molar-refractivity contribution in [1.82, 2.24) is 19.7 Å². The minimum absolute atomic E-state index is 0.116. The molecule has 5 aromatic rings. The van der Waals surface area contributed by atoms with Crippen LogP contribution in [0.1, 0.15) is 66.8 Å². The maximum absolute atomic E-state index is 13.9. The number of amides is 1. The van der Waals surface area contributed by atoms with Crippen LogP contribution in [0.4, 0.5) is 10.2 Å². The molecule has 1 amide bonds. The van der Waals surface area contributed by atoms with E-state index in [1.54, 1.807) is 20.4 Å². The van der Waals surface area contributed by atoms with E-state index in [1.165, 1.54) is 19.2 Å². The third-order valence-electron chi connectivity index (χ3n) is 10.1. The Morgan fingerprint density at radius 3 is 2.29 bits per heavy atom. The number of fused-ring (bicyclic) bond motifs is 1. The molecule has 0 unspecified atom stereocenters. The number of nitrogens with one attached hydrogen (secondary N) is 2. The zero-order valence-corrected chi connectivity index (χ0v) is 29.4. The number of hydrogen-bond donors (Lipinski definition) is 3. The molecule has 6 rings (SSSR count). The van der Waals surface area contributed by atoms with Gasteiger partial charge in [-0.2, -0.15) is 0 Å². The summed E-state index contributed by atoms with van der Waals surface area (Å²) in [4.78, 5) is 35.0. The fourth-order valence-electron chi connectivity index (χ4n) is 6.68. The van der Waals surface area contributed by atoms with Crippen LogP contribution >= 0.6 is 0 Å². The second-order valence-corrected chi connectivity index (χ2v) is 13.5. The first-order valence-corrected chi connectivity index (χ1v) is 16.8. The molecule has 3 aromatic carbocycles.